The summed E-state index contributed by atoms with van der Waals surface area (Å²) in [6.45, 7) is 4.30. The number of nitrogens with zero attached hydrogens (tertiary/aromatic N) is 1. The fraction of sp³-hybridized carbons (Fsp3) is 0.538. The second-order valence-corrected chi connectivity index (χ2v) is 7.24. The van der Waals surface area contributed by atoms with E-state index in [1.54, 1.807) is 12.1 Å². The van der Waals surface area contributed by atoms with Gasteiger partial charge in [0.25, 0.3) is 0 Å². The number of hydrogen-bond donors (Lipinski definition) is 1. The summed E-state index contributed by atoms with van der Waals surface area (Å²) in [6.07, 6.45) is 1.30. The van der Waals surface area contributed by atoms with Gasteiger partial charge in [-0.15, -0.1) is 0 Å². The zero-order chi connectivity index (χ0) is 14.6. The Morgan fingerprint density at radius 2 is 1.95 bits per heavy atom. The molecule has 0 aliphatic carbocycles. The summed E-state index contributed by atoms with van der Waals surface area (Å²) < 4.78 is 27.9. The minimum atomic E-state index is -2.97. The number of hydrogen-bond acceptors (Lipinski definition) is 5. The van der Waals surface area contributed by atoms with Gasteiger partial charge in [-0.25, -0.2) is 8.42 Å². The van der Waals surface area contributed by atoms with E-state index in [1.807, 2.05) is 31.9 Å². The second-order valence-electron chi connectivity index (χ2n) is 4.98. The number of nitrogens with two attached hydrogens (primary N) is 1. The number of anilines is 2. The number of ether oxygens (including phenoxy) is 1. The van der Waals surface area contributed by atoms with E-state index < -0.39 is 9.84 Å². The fourth-order valence-corrected chi connectivity index (χ4v) is 2.20. The van der Waals surface area contributed by atoms with Gasteiger partial charge in [-0.1, -0.05) is 0 Å². The van der Waals surface area contributed by atoms with Crippen molar-refractivity contribution in [3.8, 4) is 5.75 Å². The molecule has 0 amide bonds. The average molecular weight is 286 g/mol. The summed E-state index contributed by atoms with van der Waals surface area (Å²) in [4.78, 5) is 1.85. The van der Waals surface area contributed by atoms with Gasteiger partial charge in [-0.3, -0.25) is 0 Å². The molecule has 0 aliphatic rings. The predicted octanol–water partition coefficient (Wildman–Crippen LogP) is 1.54. The molecule has 0 radical (unpaired) electrons. The molecule has 1 aromatic rings. The molecule has 0 fully saturated rings. The van der Waals surface area contributed by atoms with Gasteiger partial charge in [0, 0.05) is 43.4 Å². The van der Waals surface area contributed by atoms with E-state index in [-0.39, 0.29) is 11.9 Å². The Hall–Kier alpha value is -1.43. The van der Waals surface area contributed by atoms with Crippen LogP contribution in [0.25, 0.3) is 0 Å². The average Bonchev–Trinajstić information content (AvgIpc) is 2.23. The molecule has 0 saturated heterocycles. The molecule has 0 spiro atoms. The van der Waals surface area contributed by atoms with Crippen molar-refractivity contribution in [3.05, 3.63) is 18.2 Å². The quantitative estimate of drug-likeness (QED) is 0.803. The van der Waals surface area contributed by atoms with Gasteiger partial charge in [0.2, 0.25) is 0 Å². The lowest BCUT2D eigenvalue weighted by Gasteiger charge is -2.21. The second kappa shape index (κ2) is 6.14. The van der Waals surface area contributed by atoms with Crippen LogP contribution in [0.15, 0.2) is 18.2 Å². The topological polar surface area (TPSA) is 72.6 Å². The SMILES string of the molecule is CC(C)Oc1cc(N)cc(N(C)CCS(C)(=O)=O)c1. The third-order valence-corrected chi connectivity index (χ3v) is 3.45. The Kier molecular flexibility index (Phi) is 5.05. The van der Waals surface area contributed by atoms with E-state index in [0.717, 1.165) is 5.69 Å². The first-order chi connectivity index (χ1) is 8.67. The van der Waals surface area contributed by atoms with E-state index in [0.29, 0.717) is 18.0 Å². The summed E-state index contributed by atoms with van der Waals surface area (Å²) in [7, 11) is -1.14. The van der Waals surface area contributed by atoms with Gasteiger partial charge in [-0.2, -0.15) is 0 Å². The van der Waals surface area contributed by atoms with E-state index in [1.165, 1.54) is 6.26 Å². The number of sulfone groups is 1. The lowest BCUT2D eigenvalue weighted by Crippen LogP contribution is -2.25. The summed E-state index contributed by atoms with van der Waals surface area (Å²) in [5.41, 5.74) is 7.27. The Bertz CT molecular complexity index is 527. The number of benzene rings is 1. The molecule has 0 saturated carbocycles. The van der Waals surface area contributed by atoms with Crippen molar-refractivity contribution < 1.29 is 13.2 Å². The van der Waals surface area contributed by atoms with Crippen LogP contribution in [0.1, 0.15) is 13.8 Å². The van der Waals surface area contributed by atoms with Gasteiger partial charge < -0.3 is 15.4 Å². The largest absolute Gasteiger partial charge is 0.491 e. The van der Waals surface area contributed by atoms with Crippen molar-refractivity contribution >= 4 is 21.2 Å². The highest BCUT2D eigenvalue weighted by molar-refractivity contribution is 7.90. The number of rotatable bonds is 6. The molecule has 5 nitrogen and oxygen atoms in total. The van der Waals surface area contributed by atoms with Gasteiger partial charge in [0.05, 0.1) is 11.9 Å². The van der Waals surface area contributed by atoms with E-state index in [9.17, 15) is 8.42 Å². The van der Waals surface area contributed by atoms with Crippen LogP contribution >= 0.6 is 0 Å². The molecular formula is C13H22N2O3S. The lowest BCUT2D eigenvalue weighted by atomic mass is 10.2. The molecule has 1 aromatic carbocycles. The zero-order valence-corrected chi connectivity index (χ0v) is 12.7. The molecular weight excluding hydrogens is 264 g/mol. The molecule has 0 aromatic heterocycles. The molecule has 0 atom stereocenters. The minimum Gasteiger partial charge on any atom is -0.491 e. The van der Waals surface area contributed by atoms with Crippen LogP contribution in [0.2, 0.25) is 0 Å². The molecule has 0 unspecified atom stereocenters. The van der Waals surface area contributed by atoms with Crippen LogP contribution in [0.5, 0.6) is 5.75 Å². The maximum Gasteiger partial charge on any atom is 0.149 e. The van der Waals surface area contributed by atoms with E-state index in [2.05, 4.69) is 0 Å². The van der Waals surface area contributed by atoms with Gasteiger partial charge in [0.15, 0.2) is 0 Å². The maximum absolute atomic E-state index is 11.2. The molecule has 1 rings (SSSR count). The van der Waals surface area contributed by atoms with Gasteiger partial charge >= 0.3 is 0 Å². The highest BCUT2D eigenvalue weighted by atomic mass is 32.2. The van der Waals surface area contributed by atoms with Crippen LogP contribution in [0.4, 0.5) is 11.4 Å². The van der Waals surface area contributed by atoms with Crippen molar-refractivity contribution in [2.75, 3.05) is 36.2 Å². The maximum atomic E-state index is 11.2. The first-order valence-corrected chi connectivity index (χ1v) is 8.19. The highest BCUT2D eigenvalue weighted by Crippen LogP contribution is 2.25. The summed E-state index contributed by atoms with van der Waals surface area (Å²) >= 11 is 0. The summed E-state index contributed by atoms with van der Waals surface area (Å²) in [6, 6.07) is 5.42. The lowest BCUT2D eigenvalue weighted by molar-refractivity contribution is 0.242. The van der Waals surface area contributed by atoms with Crippen LogP contribution in [0, 0.1) is 0 Å². The van der Waals surface area contributed by atoms with Crippen molar-refractivity contribution in [2.24, 2.45) is 0 Å². The van der Waals surface area contributed by atoms with Crippen molar-refractivity contribution in [1.82, 2.24) is 0 Å². The molecule has 0 aliphatic heterocycles. The molecule has 2 N–H and O–H groups in total. The standard InChI is InChI=1S/C13H22N2O3S/c1-10(2)18-13-8-11(14)7-12(9-13)15(3)5-6-19(4,16)17/h7-10H,5-6,14H2,1-4H3. The smallest absolute Gasteiger partial charge is 0.149 e. The highest BCUT2D eigenvalue weighted by Gasteiger charge is 2.09. The molecule has 6 heteroatoms. The molecule has 19 heavy (non-hydrogen) atoms. The number of nitrogen functional groups attached to an aromatic ring is 1. The van der Waals surface area contributed by atoms with E-state index >= 15 is 0 Å². The van der Waals surface area contributed by atoms with Crippen LogP contribution in [0.3, 0.4) is 0 Å². The van der Waals surface area contributed by atoms with Gasteiger partial charge in [-0.05, 0) is 19.9 Å². The predicted molar refractivity (Wildman–Crippen MR) is 79.6 cm³/mol. The summed E-state index contributed by atoms with van der Waals surface area (Å²) in [5.74, 6) is 0.801. The first kappa shape index (κ1) is 15.6. The Morgan fingerprint density at radius 1 is 1.32 bits per heavy atom. The molecule has 108 valence electrons. The zero-order valence-electron chi connectivity index (χ0n) is 11.9. The Morgan fingerprint density at radius 3 is 2.47 bits per heavy atom. The molecule has 0 heterocycles. The van der Waals surface area contributed by atoms with Crippen LogP contribution < -0.4 is 15.4 Å². The first-order valence-electron chi connectivity index (χ1n) is 6.13. The van der Waals surface area contributed by atoms with Crippen molar-refractivity contribution in [1.29, 1.82) is 0 Å². The van der Waals surface area contributed by atoms with E-state index in [4.69, 9.17) is 10.5 Å². The van der Waals surface area contributed by atoms with Crippen LogP contribution in [-0.4, -0.2) is 40.1 Å². The van der Waals surface area contributed by atoms with Crippen molar-refractivity contribution in [3.63, 3.8) is 0 Å². The third-order valence-electron chi connectivity index (χ3n) is 2.52. The van der Waals surface area contributed by atoms with Crippen LogP contribution in [-0.2, 0) is 9.84 Å². The monoisotopic (exact) mass is 286 g/mol. The van der Waals surface area contributed by atoms with Gasteiger partial charge in [0.1, 0.15) is 15.6 Å². The normalized spacial score (nSPS) is 11.6. The van der Waals surface area contributed by atoms with Crippen molar-refractivity contribution in [2.45, 2.75) is 20.0 Å². The Balaban J connectivity index is 2.84. The Labute approximate surface area is 115 Å². The summed E-state index contributed by atoms with van der Waals surface area (Å²) in [5, 5.41) is 0. The fourth-order valence-electron chi connectivity index (χ4n) is 1.60. The molecule has 0 bridgehead atoms. The third kappa shape index (κ3) is 5.83. The minimum absolute atomic E-state index is 0.0657.